The summed E-state index contributed by atoms with van der Waals surface area (Å²) in [6, 6.07) is 7.72. The van der Waals surface area contributed by atoms with Crippen LogP contribution in [0, 0.1) is 11.8 Å². The molecule has 1 unspecified atom stereocenters. The van der Waals surface area contributed by atoms with Crippen LogP contribution in [0.2, 0.25) is 5.02 Å². The molecule has 1 aliphatic heterocycles. The average molecular weight is 373 g/mol. The van der Waals surface area contributed by atoms with Crippen molar-refractivity contribution in [2.45, 2.75) is 32.3 Å². The molecule has 5 heteroatoms. The van der Waals surface area contributed by atoms with Gasteiger partial charge in [0.1, 0.15) is 6.10 Å². The fraction of sp³-hybridized carbons (Fsp3) is 0.429. The summed E-state index contributed by atoms with van der Waals surface area (Å²) in [7, 11) is 0. The predicted octanol–water partition coefficient (Wildman–Crippen LogP) is 4.16. The first-order valence-electron chi connectivity index (χ1n) is 9.10. The van der Waals surface area contributed by atoms with Crippen molar-refractivity contribution in [2.24, 2.45) is 11.8 Å². The maximum Gasteiger partial charge on any atom is 0.302 e. The molecule has 1 N–H and O–H groups in total. The Kier molecular flexibility index (Phi) is 6.28. The Morgan fingerprint density at radius 1 is 1.50 bits per heavy atom. The molecule has 0 radical (unpaired) electrons. The number of rotatable bonds is 6. The lowest BCUT2D eigenvalue weighted by molar-refractivity contribution is -0.147. The summed E-state index contributed by atoms with van der Waals surface area (Å²) in [6.07, 6.45) is 6.24. The number of nitrogens with zero attached hydrogens (tertiary/aromatic N) is 1. The molecule has 3 atom stereocenters. The molecule has 26 heavy (non-hydrogen) atoms. The van der Waals surface area contributed by atoms with E-state index in [1.165, 1.54) is 6.92 Å². The van der Waals surface area contributed by atoms with Gasteiger partial charge in [0.15, 0.2) is 0 Å². The lowest BCUT2D eigenvalue weighted by atomic mass is 9.81. The monoisotopic (exact) mass is 372 g/mol. The van der Waals surface area contributed by atoms with Crippen molar-refractivity contribution in [3.05, 3.63) is 53.7 Å². The van der Waals surface area contributed by atoms with Crippen molar-refractivity contribution in [1.29, 1.82) is 0 Å². The van der Waals surface area contributed by atoms with Gasteiger partial charge >= 0.3 is 5.97 Å². The molecule has 1 aromatic carbocycles. The van der Waals surface area contributed by atoms with E-state index < -0.39 is 0 Å². The van der Waals surface area contributed by atoms with Gasteiger partial charge in [-0.1, -0.05) is 23.7 Å². The maximum absolute atomic E-state index is 11.7. The number of carbonyl (C=O) groups excluding carboxylic acids is 1. The largest absolute Gasteiger partial charge is 0.462 e. The molecule has 1 fully saturated rings. The number of halogens is 1. The van der Waals surface area contributed by atoms with Gasteiger partial charge < -0.3 is 10.1 Å². The van der Waals surface area contributed by atoms with Crippen molar-refractivity contribution in [1.82, 2.24) is 10.3 Å². The Bertz CT molecular complexity index is 793. The van der Waals surface area contributed by atoms with Crippen molar-refractivity contribution in [3.63, 3.8) is 0 Å². The van der Waals surface area contributed by atoms with E-state index in [2.05, 4.69) is 16.9 Å². The van der Waals surface area contributed by atoms with Gasteiger partial charge in [-0.15, -0.1) is 6.58 Å². The van der Waals surface area contributed by atoms with Crippen LogP contribution in [0.15, 0.2) is 43.1 Å². The number of aromatic nitrogens is 1. The minimum atomic E-state index is -0.236. The Morgan fingerprint density at radius 3 is 3.12 bits per heavy atom. The number of piperidine rings is 1. The van der Waals surface area contributed by atoms with E-state index in [4.69, 9.17) is 16.3 Å². The van der Waals surface area contributed by atoms with Gasteiger partial charge in [-0.3, -0.25) is 9.78 Å². The summed E-state index contributed by atoms with van der Waals surface area (Å²) in [6.45, 7) is 7.39. The Balaban J connectivity index is 1.82. The number of ether oxygens (including phenoxy) is 1. The van der Waals surface area contributed by atoms with Gasteiger partial charge in [0.05, 0.1) is 5.52 Å². The van der Waals surface area contributed by atoms with Gasteiger partial charge in [-0.25, -0.2) is 0 Å². The van der Waals surface area contributed by atoms with E-state index in [9.17, 15) is 4.79 Å². The van der Waals surface area contributed by atoms with Gasteiger partial charge in [0.25, 0.3) is 0 Å². The highest BCUT2D eigenvalue weighted by Gasteiger charge is 2.27. The zero-order valence-electron chi connectivity index (χ0n) is 15.1. The third-order valence-corrected chi connectivity index (χ3v) is 5.36. The van der Waals surface area contributed by atoms with Crippen LogP contribution in [0.25, 0.3) is 10.9 Å². The van der Waals surface area contributed by atoms with Crippen molar-refractivity contribution >= 4 is 28.5 Å². The summed E-state index contributed by atoms with van der Waals surface area (Å²) in [5, 5.41) is 5.13. The van der Waals surface area contributed by atoms with Crippen LogP contribution in [0.3, 0.4) is 0 Å². The Labute approximate surface area is 159 Å². The highest BCUT2D eigenvalue weighted by molar-refractivity contribution is 6.31. The summed E-state index contributed by atoms with van der Waals surface area (Å²) < 4.78 is 5.68. The first-order valence-corrected chi connectivity index (χ1v) is 9.48. The molecule has 138 valence electrons. The first-order chi connectivity index (χ1) is 12.6. The Morgan fingerprint density at radius 2 is 2.35 bits per heavy atom. The molecule has 2 heterocycles. The molecule has 1 aliphatic rings. The van der Waals surface area contributed by atoms with Crippen LogP contribution in [0.4, 0.5) is 0 Å². The second-order valence-corrected chi connectivity index (χ2v) is 7.39. The molecule has 2 aromatic rings. The molecule has 0 aliphatic carbocycles. The number of nitrogens with one attached hydrogen (secondary N) is 1. The van der Waals surface area contributed by atoms with Gasteiger partial charge in [0.2, 0.25) is 0 Å². The van der Waals surface area contributed by atoms with Crippen LogP contribution < -0.4 is 5.32 Å². The molecule has 1 saturated heterocycles. The number of carbonyl (C=O) groups is 1. The number of fused-ring (bicyclic) bond motifs is 1. The summed E-state index contributed by atoms with van der Waals surface area (Å²) >= 11 is 6.08. The number of benzene rings is 1. The SMILES string of the molecule is C=C[C@H]1CNCC[C@H]1CC(Cc1ccnc2cc(Cl)ccc12)OC(C)=O. The minimum Gasteiger partial charge on any atom is -0.462 e. The second kappa shape index (κ2) is 8.65. The summed E-state index contributed by atoms with van der Waals surface area (Å²) in [4.78, 5) is 16.1. The van der Waals surface area contributed by atoms with E-state index in [1.54, 1.807) is 6.20 Å². The van der Waals surface area contributed by atoms with Crippen molar-refractivity contribution < 1.29 is 9.53 Å². The van der Waals surface area contributed by atoms with Crippen LogP contribution >= 0.6 is 11.6 Å². The fourth-order valence-corrected chi connectivity index (χ4v) is 4.02. The van der Waals surface area contributed by atoms with E-state index in [0.717, 1.165) is 42.4 Å². The zero-order valence-corrected chi connectivity index (χ0v) is 15.8. The highest BCUT2D eigenvalue weighted by Crippen LogP contribution is 2.29. The fourth-order valence-electron chi connectivity index (χ4n) is 3.85. The highest BCUT2D eigenvalue weighted by atomic mass is 35.5. The smallest absolute Gasteiger partial charge is 0.302 e. The van der Waals surface area contributed by atoms with Crippen LogP contribution in [0.1, 0.15) is 25.3 Å². The van der Waals surface area contributed by atoms with Crippen LogP contribution in [0.5, 0.6) is 0 Å². The van der Waals surface area contributed by atoms with E-state index in [-0.39, 0.29) is 12.1 Å². The molecule has 1 aromatic heterocycles. The maximum atomic E-state index is 11.7. The zero-order chi connectivity index (χ0) is 18.5. The molecular formula is C21H25ClN2O2. The van der Waals surface area contributed by atoms with Crippen LogP contribution in [-0.4, -0.2) is 30.1 Å². The normalized spacial score (nSPS) is 21.3. The third-order valence-electron chi connectivity index (χ3n) is 5.12. The van der Waals surface area contributed by atoms with E-state index >= 15 is 0 Å². The number of pyridine rings is 1. The van der Waals surface area contributed by atoms with Crippen molar-refractivity contribution in [3.8, 4) is 0 Å². The average Bonchev–Trinajstić information content (AvgIpc) is 2.61. The summed E-state index contributed by atoms with van der Waals surface area (Å²) in [5.74, 6) is 0.649. The predicted molar refractivity (Wildman–Crippen MR) is 105 cm³/mol. The summed E-state index contributed by atoms with van der Waals surface area (Å²) in [5.41, 5.74) is 1.99. The van der Waals surface area contributed by atoms with Gasteiger partial charge in [-0.2, -0.15) is 0 Å². The lowest BCUT2D eigenvalue weighted by Gasteiger charge is -2.32. The molecule has 3 rings (SSSR count). The van der Waals surface area contributed by atoms with Gasteiger partial charge in [0, 0.05) is 36.5 Å². The van der Waals surface area contributed by atoms with Crippen LogP contribution in [-0.2, 0) is 16.0 Å². The number of hydrogen-bond donors (Lipinski definition) is 1. The molecule has 0 amide bonds. The first kappa shape index (κ1) is 18.9. The minimum absolute atomic E-state index is 0.153. The number of esters is 1. The molecule has 0 saturated carbocycles. The van der Waals surface area contributed by atoms with E-state index in [1.807, 2.05) is 30.3 Å². The Hall–Kier alpha value is -1.91. The molecular weight excluding hydrogens is 348 g/mol. The number of hydrogen-bond acceptors (Lipinski definition) is 4. The standard InChI is InChI=1S/C21H25ClN2O2/c1-3-15-13-23-8-6-16(15)10-19(26-14(2)25)11-17-7-9-24-21-12-18(22)4-5-20(17)21/h3-5,7,9,12,15-16,19,23H,1,6,8,10-11,13H2,2H3/t15-,16-,19?/m0/s1. The molecule has 0 spiro atoms. The molecule has 0 bridgehead atoms. The topological polar surface area (TPSA) is 51.2 Å². The quantitative estimate of drug-likeness (QED) is 0.611. The lowest BCUT2D eigenvalue weighted by Crippen LogP contribution is -2.38. The second-order valence-electron chi connectivity index (χ2n) is 6.96. The third kappa shape index (κ3) is 4.63. The van der Waals surface area contributed by atoms with Crippen molar-refractivity contribution in [2.75, 3.05) is 13.1 Å². The van der Waals surface area contributed by atoms with Gasteiger partial charge in [-0.05, 0) is 55.0 Å². The molecule has 4 nitrogen and oxygen atoms in total. The van der Waals surface area contributed by atoms with E-state index in [0.29, 0.717) is 23.3 Å².